The Bertz CT molecular complexity index is 575. The quantitative estimate of drug-likeness (QED) is 0.838. The summed E-state index contributed by atoms with van der Waals surface area (Å²) in [7, 11) is 0. The molecule has 0 heterocycles. The number of rotatable bonds is 3. The fourth-order valence-corrected chi connectivity index (χ4v) is 1.84. The topological polar surface area (TPSA) is 32.3 Å². The molecule has 2 N–H and O–H groups in total. The van der Waals surface area contributed by atoms with Crippen molar-refractivity contribution in [1.82, 2.24) is 0 Å². The van der Waals surface area contributed by atoms with Crippen LogP contribution in [0.3, 0.4) is 0 Å². The first-order valence-electron chi connectivity index (χ1n) is 5.22. The Hall–Kier alpha value is -1.62. The maximum Gasteiger partial charge on any atom is 0.147 e. The zero-order valence-electron chi connectivity index (χ0n) is 9.25. The van der Waals surface area contributed by atoms with Crippen LogP contribution in [0.25, 0.3) is 0 Å². The van der Waals surface area contributed by atoms with Crippen LogP contribution >= 0.6 is 15.9 Å². The first-order valence-corrected chi connectivity index (χ1v) is 6.02. The summed E-state index contributed by atoms with van der Waals surface area (Å²) in [5.74, 6) is -0.935. The molecule has 2 aromatic carbocycles. The van der Waals surface area contributed by atoms with Gasteiger partial charge in [-0.1, -0.05) is 12.1 Å². The Labute approximate surface area is 111 Å². The van der Waals surface area contributed by atoms with Gasteiger partial charge in [0.1, 0.15) is 17.4 Å². The van der Waals surface area contributed by atoms with Crippen molar-refractivity contribution in [1.29, 1.82) is 0 Å². The lowest BCUT2D eigenvalue weighted by Gasteiger charge is -2.09. The van der Waals surface area contributed by atoms with Gasteiger partial charge in [0.25, 0.3) is 0 Å². The van der Waals surface area contributed by atoms with Gasteiger partial charge in [-0.3, -0.25) is 0 Å². The monoisotopic (exact) mass is 313 g/mol. The number of hydrogen-bond acceptors (Lipinski definition) is 2. The molecule has 0 aliphatic heterocycles. The van der Waals surface area contributed by atoms with Gasteiger partial charge in [-0.05, 0) is 39.7 Å². The van der Waals surface area contributed by atoms with E-state index in [-0.39, 0.29) is 15.9 Å². The van der Waals surface area contributed by atoms with Gasteiger partial charge < -0.3 is 10.4 Å². The zero-order valence-corrected chi connectivity index (χ0v) is 10.8. The summed E-state index contributed by atoms with van der Waals surface area (Å²) in [6.07, 6.45) is 0. The highest BCUT2D eigenvalue weighted by molar-refractivity contribution is 9.10. The first-order chi connectivity index (χ1) is 8.56. The average molecular weight is 314 g/mol. The largest absolute Gasteiger partial charge is 0.508 e. The van der Waals surface area contributed by atoms with Crippen molar-refractivity contribution in [3.8, 4) is 5.75 Å². The molecule has 0 fully saturated rings. The maximum absolute atomic E-state index is 13.5. The minimum atomic E-state index is -0.538. The van der Waals surface area contributed by atoms with Gasteiger partial charge in [0.15, 0.2) is 0 Å². The number of aromatic hydroxyl groups is 1. The fourth-order valence-electron chi connectivity index (χ4n) is 1.52. The minimum absolute atomic E-state index is 0.0824. The predicted molar refractivity (Wildman–Crippen MR) is 69.5 cm³/mol. The molecule has 2 nitrogen and oxygen atoms in total. The average Bonchev–Trinajstić information content (AvgIpc) is 2.32. The van der Waals surface area contributed by atoms with E-state index in [2.05, 4.69) is 21.2 Å². The van der Waals surface area contributed by atoms with Gasteiger partial charge in [-0.25, -0.2) is 8.78 Å². The Morgan fingerprint density at radius 1 is 1.11 bits per heavy atom. The van der Waals surface area contributed by atoms with Gasteiger partial charge >= 0.3 is 0 Å². The number of phenolic OH excluding ortho intramolecular Hbond substituents is 1. The molecular formula is C13H10BrF2NO. The SMILES string of the molecule is Oc1cccc(CNc2cc(F)c(Br)cc2F)c1. The highest BCUT2D eigenvalue weighted by Crippen LogP contribution is 2.24. The van der Waals surface area contributed by atoms with E-state index in [0.29, 0.717) is 6.54 Å². The van der Waals surface area contributed by atoms with Crippen molar-refractivity contribution >= 4 is 21.6 Å². The smallest absolute Gasteiger partial charge is 0.147 e. The molecule has 0 radical (unpaired) electrons. The van der Waals surface area contributed by atoms with Crippen LogP contribution < -0.4 is 5.32 Å². The molecule has 94 valence electrons. The highest BCUT2D eigenvalue weighted by atomic mass is 79.9. The van der Waals surface area contributed by atoms with Gasteiger partial charge in [0, 0.05) is 12.6 Å². The Kier molecular flexibility index (Phi) is 3.81. The molecule has 0 aliphatic rings. The van der Waals surface area contributed by atoms with Gasteiger partial charge in [0.2, 0.25) is 0 Å². The molecule has 0 saturated heterocycles. The van der Waals surface area contributed by atoms with Crippen molar-refractivity contribution in [3.05, 3.63) is 58.1 Å². The van der Waals surface area contributed by atoms with E-state index in [1.807, 2.05) is 0 Å². The van der Waals surface area contributed by atoms with Crippen LogP contribution in [-0.4, -0.2) is 5.11 Å². The maximum atomic E-state index is 13.5. The summed E-state index contributed by atoms with van der Waals surface area (Å²) in [5, 5.41) is 12.1. The number of hydrogen-bond donors (Lipinski definition) is 2. The number of nitrogens with one attached hydrogen (secondary N) is 1. The molecule has 0 bridgehead atoms. The first kappa shape index (κ1) is 12.8. The third-order valence-electron chi connectivity index (χ3n) is 2.40. The normalized spacial score (nSPS) is 10.4. The molecule has 0 aliphatic carbocycles. The van der Waals surface area contributed by atoms with Crippen LogP contribution in [0.15, 0.2) is 40.9 Å². The molecule has 0 spiro atoms. The van der Waals surface area contributed by atoms with Crippen LogP contribution in [0.4, 0.5) is 14.5 Å². The van der Waals surface area contributed by atoms with Crippen molar-refractivity contribution < 1.29 is 13.9 Å². The van der Waals surface area contributed by atoms with Crippen LogP contribution in [-0.2, 0) is 6.54 Å². The van der Waals surface area contributed by atoms with E-state index in [4.69, 9.17) is 0 Å². The minimum Gasteiger partial charge on any atom is -0.508 e. The van der Waals surface area contributed by atoms with Crippen molar-refractivity contribution in [2.24, 2.45) is 0 Å². The molecule has 0 aromatic heterocycles. The second-order valence-electron chi connectivity index (χ2n) is 3.77. The molecule has 18 heavy (non-hydrogen) atoms. The third kappa shape index (κ3) is 2.98. The molecule has 0 unspecified atom stereocenters. The molecular weight excluding hydrogens is 304 g/mol. The lowest BCUT2D eigenvalue weighted by Crippen LogP contribution is -2.02. The lowest BCUT2D eigenvalue weighted by atomic mass is 10.2. The second-order valence-corrected chi connectivity index (χ2v) is 4.62. The Balaban J connectivity index is 2.13. The van der Waals surface area contributed by atoms with E-state index >= 15 is 0 Å². The van der Waals surface area contributed by atoms with Crippen molar-refractivity contribution in [2.75, 3.05) is 5.32 Å². The number of halogens is 3. The number of benzene rings is 2. The van der Waals surface area contributed by atoms with Crippen LogP contribution in [0.5, 0.6) is 5.75 Å². The summed E-state index contributed by atoms with van der Waals surface area (Å²) >= 11 is 2.91. The Morgan fingerprint density at radius 2 is 1.89 bits per heavy atom. The fraction of sp³-hybridized carbons (Fsp3) is 0.0769. The van der Waals surface area contributed by atoms with Crippen LogP contribution in [0.2, 0.25) is 0 Å². The standard InChI is InChI=1S/C13H10BrF2NO/c14-10-5-12(16)13(6-11(10)15)17-7-8-2-1-3-9(18)4-8/h1-6,17-18H,7H2. The summed E-state index contributed by atoms with van der Waals surface area (Å²) < 4.78 is 26.8. The molecule has 0 amide bonds. The predicted octanol–water partition coefficient (Wildman–Crippen LogP) is 4.05. The van der Waals surface area contributed by atoms with Gasteiger partial charge in [-0.2, -0.15) is 0 Å². The molecule has 2 aromatic rings. The van der Waals surface area contributed by atoms with Crippen LogP contribution in [0.1, 0.15) is 5.56 Å². The summed E-state index contributed by atoms with van der Waals surface area (Å²) in [6.45, 7) is 0.298. The number of phenols is 1. The zero-order chi connectivity index (χ0) is 13.1. The van der Waals surface area contributed by atoms with E-state index < -0.39 is 11.6 Å². The summed E-state index contributed by atoms with van der Waals surface area (Å²) in [5.41, 5.74) is 0.858. The van der Waals surface area contributed by atoms with Crippen molar-refractivity contribution in [2.45, 2.75) is 6.54 Å². The Morgan fingerprint density at radius 3 is 2.61 bits per heavy atom. The van der Waals surface area contributed by atoms with Gasteiger partial charge in [-0.15, -0.1) is 0 Å². The molecule has 0 atom stereocenters. The summed E-state index contributed by atoms with van der Waals surface area (Å²) in [4.78, 5) is 0. The molecule has 2 rings (SSSR count). The van der Waals surface area contributed by atoms with E-state index in [1.54, 1.807) is 24.3 Å². The second kappa shape index (κ2) is 5.35. The number of anilines is 1. The third-order valence-corrected chi connectivity index (χ3v) is 3.01. The lowest BCUT2D eigenvalue weighted by molar-refractivity contribution is 0.474. The summed E-state index contributed by atoms with van der Waals surface area (Å²) in [6, 6.07) is 8.72. The highest BCUT2D eigenvalue weighted by Gasteiger charge is 2.07. The molecule has 0 saturated carbocycles. The van der Waals surface area contributed by atoms with Crippen LogP contribution in [0, 0.1) is 11.6 Å². The molecule has 5 heteroatoms. The van der Waals surface area contributed by atoms with E-state index in [9.17, 15) is 13.9 Å². The van der Waals surface area contributed by atoms with Crippen molar-refractivity contribution in [3.63, 3.8) is 0 Å². The van der Waals surface area contributed by atoms with Gasteiger partial charge in [0.05, 0.1) is 10.2 Å². The van der Waals surface area contributed by atoms with E-state index in [1.165, 1.54) is 0 Å². The van der Waals surface area contributed by atoms with E-state index in [0.717, 1.165) is 17.7 Å².